The van der Waals surface area contributed by atoms with Crippen LogP contribution < -0.4 is 15.5 Å². The highest BCUT2D eigenvalue weighted by atomic mass is 16.5. The van der Waals surface area contributed by atoms with Crippen LogP contribution in [0.3, 0.4) is 0 Å². The maximum Gasteiger partial charge on any atom is 0.338 e. The van der Waals surface area contributed by atoms with E-state index in [0.29, 0.717) is 11.4 Å². The first-order chi connectivity index (χ1) is 13.8. The summed E-state index contributed by atoms with van der Waals surface area (Å²) in [6.07, 6.45) is -1.25. The van der Waals surface area contributed by atoms with Crippen LogP contribution in [0.2, 0.25) is 0 Å². The average Bonchev–Trinajstić information content (AvgIpc) is 2.69. The van der Waals surface area contributed by atoms with Crippen LogP contribution >= 0.6 is 0 Å². The molecule has 2 N–H and O–H groups in total. The fourth-order valence-electron chi connectivity index (χ4n) is 2.34. The minimum Gasteiger partial charge on any atom is -0.449 e. The average molecular weight is 394 g/mol. The van der Waals surface area contributed by atoms with Crippen LogP contribution in [0.4, 0.5) is 17.1 Å². The zero-order chi connectivity index (χ0) is 21.4. The third kappa shape index (κ3) is 6.36. The van der Waals surface area contributed by atoms with E-state index in [9.17, 15) is 14.4 Å². The van der Waals surface area contributed by atoms with Gasteiger partial charge in [-0.15, -0.1) is 0 Å². The third-order valence-electron chi connectivity index (χ3n) is 3.95. The Kier molecular flexibility index (Phi) is 7.32. The van der Waals surface area contributed by atoms with Gasteiger partial charge in [0.15, 0.2) is 6.10 Å². The molecule has 2 aromatic carbocycles. The normalized spacial score (nSPS) is 11.0. The molecule has 0 radical (unpaired) electrons. The molecule has 0 bridgehead atoms. The maximum atomic E-state index is 12.3. The van der Waals surface area contributed by atoms with Crippen molar-refractivity contribution in [1.82, 2.24) is 0 Å². The molecule has 0 fully saturated rings. The van der Waals surface area contributed by atoms with E-state index < -0.39 is 23.9 Å². The van der Waals surface area contributed by atoms with Crippen LogP contribution in [0.1, 0.15) is 23.7 Å². The van der Waals surface area contributed by atoms with Crippen molar-refractivity contribution < 1.29 is 19.1 Å². The van der Waals surface area contributed by atoms with Crippen molar-refractivity contribution in [3.63, 3.8) is 0 Å². The van der Waals surface area contributed by atoms with E-state index in [0.717, 1.165) is 5.69 Å². The molecule has 1 atom stereocenters. The van der Waals surface area contributed by atoms with E-state index in [2.05, 4.69) is 10.6 Å². The summed E-state index contributed by atoms with van der Waals surface area (Å²) in [5, 5.41) is 13.7. The highest BCUT2D eigenvalue weighted by Crippen LogP contribution is 2.16. The van der Waals surface area contributed by atoms with Gasteiger partial charge in [-0.25, -0.2) is 4.79 Å². The zero-order valence-corrected chi connectivity index (χ0v) is 16.4. The van der Waals surface area contributed by atoms with Gasteiger partial charge in [-0.1, -0.05) is 0 Å². The second-order valence-electron chi connectivity index (χ2n) is 6.44. The predicted octanol–water partition coefficient (Wildman–Crippen LogP) is 2.79. The molecule has 0 aliphatic rings. The van der Waals surface area contributed by atoms with Crippen molar-refractivity contribution >= 4 is 34.8 Å². The Hall–Kier alpha value is -3.86. The number of rotatable bonds is 7. The van der Waals surface area contributed by atoms with E-state index in [1.807, 2.05) is 31.1 Å². The Morgan fingerprint density at radius 3 is 2.10 bits per heavy atom. The fourth-order valence-corrected chi connectivity index (χ4v) is 2.34. The number of nitriles is 1. The molecule has 2 aromatic rings. The molecule has 2 amide bonds. The van der Waals surface area contributed by atoms with E-state index in [4.69, 9.17) is 10.00 Å². The van der Waals surface area contributed by atoms with Crippen molar-refractivity contribution in [1.29, 1.82) is 5.26 Å². The minimum absolute atomic E-state index is 0.235. The molecule has 0 aliphatic heterocycles. The Labute approximate surface area is 169 Å². The minimum atomic E-state index is -0.994. The standard InChI is InChI=1S/C21H22N4O4/c1-14(20(27)24-17-8-10-18(11-9-17)25(2)3)29-21(28)15-4-6-16(7-5-15)23-19(26)12-13-22/h4-11,14H,12H2,1-3H3,(H,23,26)(H,24,27). The molecule has 1 unspecified atom stereocenters. The number of nitrogens with zero attached hydrogens (tertiary/aromatic N) is 2. The van der Waals surface area contributed by atoms with Gasteiger partial charge >= 0.3 is 5.97 Å². The highest BCUT2D eigenvalue weighted by molar-refractivity contribution is 5.98. The van der Waals surface area contributed by atoms with Crippen LogP contribution in [0, 0.1) is 11.3 Å². The molecule has 0 aliphatic carbocycles. The van der Waals surface area contributed by atoms with Gasteiger partial charge < -0.3 is 20.3 Å². The summed E-state index contributed by atoms with van der Waals surface area (Å²) in [4.78, 5) is 37.8. The summed E-state index contributed by atoms with van der Waals surface area (Å²) in [5.74, 6) is -1.55. The van der Waals surface area contributed by atoms with Crippen molar-refractivity contribution in [3.8, 4) is 6.07 Å². The monoisotopic (exact) mass is 394 g/mol. The van der Waals surface area contributed by atoms with Gasteiger partial charge in [0.05, 0.1) is 11.6 Å². The number of ether oxygens (including phenoxy) is 1. The summed E-state index contributed by atoms with van der Waals surface area (Å²) in [5.41, 5.74) is 2.28. The number of hydrogen-bond acceptors (Lipinski definition) is 6. The zero-order valence-electron chi connectivity index (χ0n) is 16.4. The smallest absolute Gasteiger partial charge is 0.338 e. The lowest BCUT2D eigenvalue weighted by atomic mass is 10.2. The van der Waals surface area contributed by atoms with Crippen molar-refractivity contribution in [2.75, 3.05) is 29.6 Å². The van der Waals surface area contributed by atoms with Crippen LogP contribution in [0.15, 0.2) is 48.5 Å². The first-order valence-corrected chi connectivity index (χ1v) is 8.86. The first kappa shape index (κ1) is 21.4. The van der Waals surface area contributed by atoms with Gasteiger partial charge in [-0.2, -0.15) is 5.26 Å². The molecule has 0 heterocycles. The molecule has 8 nitrogen and oxygen atoms in total. The maximum absolute atomic E-state index is 12.3. The SMILES string of the molecule is CC(OC(=O)c1ccc(NC(=O)CC#N)cc1)C(=O)Nc1ccc(N(C)C)cc1. The Bertz CT molecular complexity index is 915. The topological polar surface area (TPSA) is 112 Å². The second-order valence-corrected chi connectivity index (χ2v) is 6.44. The third-order valence-corrected chi connectivity index (χ3v) is 3.95. The Morgan fingerprint density at radius 1 is 1.00 bits per heavy atom. The van der Waals surface area contributed by atoms with Gasteiger partial charge in [-0.05, 0) is 55.5 Å². The van der Waals surface area contributed by atoms with Gasteiger partial charge in [0, 0.05) is 31.2 Å². The van der Waals surface area contributed by atoms with E-state index in [-0.39, 0.29) is 12.0 Å². The summed E-state index contributed by atoms with van der Waals surface area (Å²) >= 11 is 0. The lowest BCUT2D eigenvalue weighted by Gasteiger charge is -2.15. The lowest BCUT2D eigenvalue weighted by molar-refractivity contribution is -0.123. The fraction of sp³-hybridized carbons (Fsp3) is 0.238. The molecule has 0 saturated heterocycles. The quantitative estimate of drug-likeness (QED) is 0.699. The first-order valence-electron chi connectivity index (χ1n) is 8.86. The number of carbonyl (C=O) groups excluding carboxylic acids is 3. The molecule has 8 heteroatoms. The number of amides is 2. The molecule has 29 heavy (non-hydrogen) atoms. The summed E-state index contributed by atoms with van der Waals surface area (Å²) in [6.45, 7) is 1.48. The largest absolute Gasteiger partial charge is 0.449 e. The highest BCUT2D eigenvalue weighted by Gasteiger charge is 2.19. The van der Waals surface area contributed by atoms with E-state index in [1.54, 1.807) is 18.2 Å². The summed E-state index contributed by atoms with van der Waals surface area (Å²) < 4.78 is 5.20. The van der Waals surface area contributed by atoms with Gasteiger partial charge in [-0.3, -0.25) is 9.59 Å². The van der Waals surface area contributed by atoms with E-state index in [1.165, 1.54) is 31.2 Å². The molecular weight excluding hydrogens is 372 g/mol. The number of benzene rings is 2. The van der Waals surface area contributed by atoms with Gasteiger partial charge in [0.1, 0.15) is 6.42 Å². The number of nitrogens with one attached hydrogen (secondary N) is 2. The molecule has 0 spiro atoms. The van der Waals surface area contributed by atoms with Gasteiger partial charge in [0.25, 0.3) is 5.91 Å². The predicted molar refractivity (Wildman–Crippen MR) is 110 cm³/mol. The summed E-state index contributed by atoms with van der Waals surface area (Å²) in [6, 6.07) is 15.0. The van der Waals surface area contributed by atoms with E-state index >= 15 is 0 Å². The van der Waals surface area contributed by atoms with Crippen molar-refractivity contribution in [3.05, 3.63) is 54.1 Å². The molecular formula is C21H22N4O4. The number of carbonyl (C=O) groups is 3. The van der Waals surface area contributed by atoms with Crippen LogP contribution in [-0.2, 0) is 14.3 Å². The molecule has 2 rings (SSSR count). The van der Waals surface area contributed by atoms with Crippen molar-refractivity contribution in [2.45, 2.75) is 19.4 Å². The molecule has 150 valence electrons. The Morgan fingerprint density at radius 2 is 1.55 bits per heavy atom. The van der Waals surface area contributed by atoms with Gasteiger partial charge in [0.2, 0.25) is 5.91 Å². The number of anilines is 3. The summed E-state index contributed by atoms with van der Waals surface area (Å²) in [7, 11) is 3.84. The van der Waals surface area contributed by atoms with Crippen LogP contribution in [0.5, 0.6) is 0 Å². The number of esters is 1. The molecule has 0 aromatic heterocycles. The van der Waals surface area contributed by atoms with Crippen molar-refractivity contribution in [2.24, 2.45) is 0 Å². The second kappa shape index (κ2) is 9.90. The van der Waals surface area contributed by atoms with Crippen LogP contribution in [-0.4, -0.2) is 38.0 Å². The lowest BCUT2D eigenvalue weighted by Crippen LogP contribution is -2.30. The molecule has 0 saturated carbocycles. The van der Waals surface area contributed by atoms with Crippen LogP contribution in [0.25, 0.3) is 0 Å². The Balaban J connectivity index is 1.91. The number of hydrogen-bond donors (Lipinski definition) is 2.